The number of alkyl halides is 1. The van der Waals surface area contributed by atoms with Crippen LogP contribution in [-0.4, -0.2) is 42.5 Å². The molecule has 1 heterocycles. The first-order chi connectivity index (χ1) is 9.65. The van der Waals surface area contributed by atoms with E-state index in [1.54, 1.807) is 6.07 Å². The predicted molar refractivity (Wildman–Crippen MR) is 84.7 cm³/mol. The van der Waals surface area contributed by atoms with Crippen LogP contribution < -0.4 is 4.90 Å². The molecule has 110 valence electrons. The molecule has 0 spiro atoms. The van der Waals surface area contributed by atoms with Crippen LogP contribution in [0.4, 0.5) is 11.4 Å². The van der Waals surface area contributed by atoms with Gasteiger partial charge >= 0.3 is 0 Å². The fourth-order valence-electron chi connectivity index (χ4n) is 2.59. The van der Waals surface area contributed by atoms with Gasteiger partial charge in [-0.2, -0.15) is 0 Å². The molecule has 0 radical (unpaired) electrons. The molecule has 1 aliphatic rings. The molecule has 1 aliphatic heterocycles. The van der Waals surface area contributed by atoms with E-state index in [0.29, 0.717) is 5.33 Å². The second kappa shape index (κ2) is 7.04. The Hall–Kier alpha value is -1.14. The van der Waals surface area contributed by atoms with Gasteiger partial charge in [0.15, 0.2) is 0 Å². The Labute approximate surface area is 127 Å². The average Bonchev–Trinajstić information content (AvgIpc) is 2.48. The van der Waals surface area contributed by atoms with Gasteiger partial charge in [0.25, 0.3) is 5.69 Å². The summed E-state index contributed by atoms with van der Waals surface area (Å²) in [4.78, 5) is 15.5. The van der Waals surface area contributed by atoms with Gasteiger partial charge in [0, 0.05) is 37.6 Å². The van der Waals surface area contributed by atoms with Crippen LogP contribution in [0.2, 0.25) is 0 Å². The highest BCUT2D eigenvalue weighted by molar-refractivity contribution is 9.08. The Morgan fingerprint density at radius 3 is 2.55 bits per heavy atom. The highest BCUT2D eigenvalue weighted by atomic mass is 79.9. The largest absolute Gasteiger partial charge is 0.363 e. The van der Waals surface area contributed by atoms with Gasteiger partial charge in [0.05, 0.1) is 4.92 Å². The highest BCUT2D eigenvalue weighted by Crippen LogP contribution is 2.30. The van der Waals surface area contributed by atoms with E-state index >= 15 is 0 Å². The van der Waals surface area contributed by atoms with Crippen molar-refractivity contribution in [3.8, 4) is 0 Å². The van der Waals surface area contributed by atoms with Crippen LogP contribution in [0, 0.1) is 10.1 Å². The molecule has 20 heavy (non-hydrogen) atoms. The van der Waals surface area contributed by atoms with Gasteiger partial charge in [-0.3, -0.25) is 15.0 Å². The summed E-state index contributed by atoms with van der Waals surface area (Å²) in [5.41, 5.74) is 1.90. The first kappa shape index (κ1) is 15.3. The van der Waals surface area contributed by atoms with E-state index in [1.165, 1.54) is 0 Å². The Morgan fingerprint density at radius 1 is 1.30 bits per heavy atom. The molecule has 0 aliphatic carbocycles. The van der Waals surface area contributed by atoms with Crippen molar-refractivity contribution in [2.24, 2.45) is 0 Å². The van der Waals surface area contributed by atoms with Crippen LogP contribution in [0.3, 0.4) is 0 Å². The lowest BCUT2D eigenvalue weighted by molar-refractivity contribution is -0.384. The molecule has 0 amide bonds. The van der Waals surface area contributed by atoms with E-state index in [4.69, 9.17) is 0 Å². The van der Waals surface area contributed by atoms with Crippen LogP contribution in [0.5, 0.6) is 0 Å². The second-order valence-corrected chi connectivity index (χ2v) is 5.60. The van der Waals surface area contributed by atoms with E-state index in [0.717, 1.165) is 50.4 Å². The molecule has 1 aromatic carbocycles. The van der Waals surface area contributed by atoms with E-state index in [2.05, 4.69) is 32.7 Å². The lowest BCUT2D eigenvalue weighted by atomic mass is 10.1. The van der Waals surface area contributed by atoms with Crippen molar-refractivity contribution in [3.63, 3.8) is 0 Å². The molecule has 6 heteroatoms. The Morgan fingerprint density at radius 2 is 2.00 bits per heavy atom. The zero-order chi connectivity index (χ0) is 14.5. The number of halogens is 1. The number of nitro groups is 1. The van der Waals surface area contributed by atoms with Crippen LogP contribution in [0.25, 0.3) is 0 Å². The molecule has 1 aromatic rings. The van der Waals surface area contributed by atoms with Gasteiger partial charge < -0.3 is 4.90 Å². The molecule has 0 aromatic heterocycles. The highest BCUT2D eigenvalue weighted by Gasteiger charge is 2.23. The average molecular weight is 342 g/mol. The Kier molecular flexibility index (Phi) is 5.37. The van der Waals surface area contributed by atoms with Crippen molar-refractivity contribution in [2.75, 3.05) is 37.6 Å². The zero-order valence-corrected chi connectivity index (χ0v) is 13.3. The molecule has 0 N–H and O–H groups in total. The normalized spacial score (nSPS) is 16.4. The third kappa shape index (κ3) is 3.49. The summed E-state index contributed by atoms with van der Waals surface area (Å²) in [6, 6.07) is 5.50. The number of hydrogen-bond donors (Lipinski definition) is 0. The summed E-state index contributed by atoms with van der Waals surface area (Å²) in [6.45, 7) is 6.95. The lowest BCUT2D eigenvalue weighted by Crippen LogP contribution is -2.46. The Bertz CT molecular complexity index is 473. The summed E-state index contributed by atoms with van der Waals surface area (Å²) in [5, 5.41) is 11.9. The monoisotopic (exact) mass is 341 g/mol. The molecule has 1 fully saturated rings. The van der Waals surface area contributed by atoms with Gasteiger partial charge in [0.1, 0.15) is 5.69 Å². The van der Waals surface area contributed by atoms with Gasteiger partial charge in [-0.15, -0.1) is 0 Å². The van der Waals surface area contributed by atoms with Gasteiger partial charge in [-0.25, -0.2) is 0 Å². The van der Waals surface area contributed by atoms with Crippen molar-refractivity contribution in [1.29, 1.82) is 0 Å². The third-order valence-electron chi connectivity index (χ3n) is 3.64. The minimum Gasteiger partial charge on any atom is -0.363 e. The molecule has 0 saturated carbocycles. The van der Waals surface area contributed by atoms with E-state index in [-0.39, 0.29) is 10.6 Å². The summed E-state index contributed by atoms with van der Waals surface area (Å²) < 4.78 is 0. The van der Waals surface area contributed by atoms with Crippen LogP contribution in [-0.2, 0) is 5.33 Å². The molecule has 0 bridgehead atoms. The first-order valence-corrected chi connectivity index (χ1v) is 8.08. The third-order valence-corrected chi connectivity index (χ3v) is 4.29. The minimum atomic E-state index is -0.278. The van der Waals surface area contributed by atoms with Crippen molar-refractivity contribution in [1.82, 2.24) is 4.90 Å². The summed E-state index contributed by atoms with van der Waals surface area (Å²) in [7, 11) is 0. The summed E-state index contributed by atoms with van der Waals surface area (Å²) in [5.74, 6) is 0. The minimum absolute atomic E-state index is 0.214. The molecule has 1 saturated heterocycles. The first-order valence-electron chi connectivity index (χ1n) is 6.96. The predicted octanol–water partition coefficient (Wildman–Crippen LogP) is 3.02. The van der Waals surface area contributed by atoms with Gasteiger partial charge in [-0.1, -0.05) is 28.9 Å². The fraction of sp³-hybridized carbons (Fsp3) is 0.571. The number of hydrogen-bond acceptors (Lipinski definition) is 4. The smallest absolute Gasteiger partial charge is 0.292 e. The second-order valence-electron chi connectivity index (χ2n) is 5.04. The van der Waals surface area contributed by atoms with Crippen LogP contribution in [0.1, 0.15) is 18.9 Å². The summed E-state index contributed by atoms with van der Waals surface area (Å²) >= 11 is 3.34. The maximum atomic E-state index is 11.3. The van der Waals surface area contributed by atoms with Crippen molar-refractivity contribution < 1.29 is 4.92 Å². The number of benzene rings is 1. The molecule has 0 unspecified atom stereocenters. The molecular weight excluding hydrogens is 322 g/mol. The molecular formula is C14H20BrN3O2. The number of nitro benzene ring substituents is 1. The van der Waals surface area contributed by atoms with Gasteiger partial charge in [0.2, 0.25) is 0 Å². The standard InChI is InChI=1S/C14H20BrN3O2/c1-2-5-16-6-8-17(9-7-16)13-4-3-12(11-15)10-14(13)18(19)20/h3-4,10H,2,5-9,11H2,1H3. The lowest BCUT2D eigenvalue weighted by Gasteiger charge is -2.35. The zero-order valence-electron chi connectivity index (χ0n) is 11.7. The fourth-order valence-corrected chi connectivity index (χ4v) is 2.94. The van der Waals surface area contributed by atoms with Crippen molar-refractivity contribution in [3.05, 3.63) is 33.9 Å². The van der Waals surface area contributed by atoms with E-state index in [9.17, 15) is 10.1 Å². The van der Waals surface area contributed by atoms with E-state index < -0.39 is 0 Å². The summed E-state index contributed by atoms with van der Waals surface area (Å²) in [6.07, 6.45) is 1.15. The molecule has 0 atom stereocenters. The Balaban J connectivity index is 2.15. The molecule has 5 nitrogen and oxygen atoms in total. The number of piperazine rings is 1. The van der Waals surface area contributed by atoms with Crippen LogP contribution >= 0.6 is 15.9 Å². The maximum Gasteiger partial charge on any atom is 0.292 e. The topological polar surface area (TPSA) is 49.6 Å². The van der Waals surface area contributed by atoms with Crippen molar-refractivity contribution in [2.45, 2.75) is 18.7 Å². The van der Waals surface area contributed by atoms with E-state index in [1.807, 2.05) is 12.1 Å². The van der Waals surface area contributed by atoms with Gasteiger partial charge in [-0.05, 0) is 24.6 Å². The van der Waals surface area contributed by atoms with Crippen LogP contribution in [0.15, 0.2) is 18.2 Å². The number of nitrogens with zero attached hydrogens (tertiary/aromatic N) is 3. The number of rotatable bonds is 5. The SMILES string of the molecule is CCCN1CCN(c2ccc(CBr)cc2[N+](=O)[O-])CC1. The quantitative estimate of drug-likeness (QED) is 0.469. The van der Waals surface area contributed by atoms with Crippen molar-refractivity contribution >= 4 is 27.3 Å². The molecule has 2 rings (SSSR count). The number of anilines is 1. The maximum absolute atomic E-state index is 11.3.